The van der Waals surface area contributed by atoms with Gasteiger partial charge in [-0.15, -0.1) is 0 Å². The molecule has 1 amide bonds. The van der Waals surface area contributed by atoms with Crippen molar-refractivity contribution in [2.75, 3.05) is 16.7 Å². The molecule has 152 valence electrons. The second-order valence-corrected chi connectivity index (χ2v) is 9.01. The quantitative estimate of drug-likeness (QED) is 0.696. The number of sulfonamides is 1. The second-order valence-electron chi connectivity index (χ2n) is 7.04. The van der Waals surface area contributed by atoms with Crippen molar-refractivity contribution < 1.29 is 13.2 Å². The van der Waals surface area contributed by atoms with Crippen molar-refractivity contribution in [2.45, 2.75) is 25.7 Å². The Bertz CT molecular complexity index is 1170. The van der Waals surface area contributed by atoms with Gasteiger partial charge in [-0.3, -0.25) is 13.8 Å². The molecule has 0 aliphatic carbocycles. The number of nitrogens with one attached hydrogen (secondary N) is 1. The number of nitrogens with zero attached hydrogens (tertiary/aromatic N) is 3. The monoisotopic (exact) mass is 412 g/mol. The number of carbonyl (C=O) groups excluding carboxylic acids is 1. The van der Waals surface area contributed by atoms with Gasteiger partial charge in [-0.2, -0.15) is 5.10 Å². The highest BCUT2D eigenvalue weighted by molar-refractivity contribution is 7.92. The highest BCUT2D eigenvalue weighted by Gasteiger charge is 2.28. The molecule has 3 rings (SSSR count). The first-order valence-electron chi connectivity index (χ1n) is 9.07. The Balaban J connectivity index is 1.95. The van der Waals surface area contributed by atoms with Gasteiger partial charge in [0.15, 0.2) is 5.82 Å². The molecule has 0 bridgehead atoms. The van der Waals surface area contributed by atoms with Crippen LogP contribution in [0.1, 0.15) is 27.0 Å². The van der Waals surface area contributed by atoms with Crippen molar-refractivity contribution in [2.24, 2.45) is 7.05 Å². The first-order chi connectivity index (χ1) is 13.6. The molecule has 1 heterocycles. The molecule has 8 heteroatoms. The summed E-state index contributed by atoms with van der Waals surface area (Å²) in [6.45, 7) is 5.84. The normalized spacial score (nSPS) is 11.3. The van der Waals surface area contributed by atoms with Gasteiger partial charge >= 0.3 is 0 Å². The average molecular weight is 413 g/mol. The standard InChI is InChI=1S/C21H24N4O3S/c1-14-6-10-18(11-7-14)29(27,28)25(5)21-19(13-22-24(21)4)20(26)23-17-9-8-15(2)16(3)12-17/h6-13H,1-5H3,(H,23,26). The van der Waals surface area contributed by atoms with E-state index in [1.54, 1.807) is 31.3 Å². The summed E-state index contributed by atoms with van der Waals surface area (Å²) >= 11 is 0. The first-order valence-corrected chi connectivity index (χ1v) is 10.5. The molecule has 0 atom stereocenters. The summed E-state index contributed by atoms with van der Waals surface area (Å²) < 4.78 is 28.6. The van der Waals surface area contributed by atoms with E-state index in [1.807, 2.05) is 39.0 Å². The number of hydrogen-bond acceptors (Lipinski definition) is 4. The zero-order valence-electron chi connectivity index (χ0n) is 17.1. The SMILES string of the molecule is Cc1ccc(S(=O)(=O)N(C)c2c(C(=O)Nc3ccc(C)c(C)c3)cnn2C)cc1. The number of rotatable bonds is 5. The number of anilines is 2. The van der Waals surface area contributed by atoms with Crippen LogP contribution in [-0.4, -0.2) is 31.2 Å². The molecule has 1 N–H and O–H groups in total. The highest BCUT2D eigenvalue weighted by Crippen LogP contribution is 2.26. The Hall–Kier alpha value is -3.13. The zero-order valence-corrected chi connectivity index (χ0v) is 17.9. The van der Waals surface area contributed by atoms with Crippen molar-refractivity contribution in [3.63, 3.8) is 0 Å². The summed E-state index contributed by atoms with van der Waals surface area (Å²) in [5, 5.41) is 6.92. The van der Waals surface area contributed by atoms with Crippen LogP contribution in [-0.2, 0) is 17.1 Å². The Kier molecular flexibility index (Phi) is 5.48. The Morgan fingerprint density at radius 3 is 2.31 bits per heavy atom. The number of carbonyl (C=O) groups is 1. The van der Waals surface area contributed by atoms with Crippen LogP contribution in [0.3, 0.4) is 0 Å². The van der Waals surface area contributed by atoms with Crippen LogP contribution in [0.5, 0.6) is 0 Å². The van der Waals surface area contributed by atoms with Crippen LogP contribution in [0.4, 0.5) is 11.5 Å². The van der Waals surface area contributed by atoms with E-state index in [2.05, 4.69) is 10.4 Å². The highest BCUT2D eigenvalue weighted by atomic mass is 32.2. The third kappa shape index (κ3) is 4.02. The lowest BCUT2D eigenvalue weighted by Gasteiger charge is -2.21. The first kappa shape index (κ1) is 20.6. The summed E-state index contributed by atoms with van der Waals surface area (Å²) in [5.41, 5.74) is 3.93. The molecule has 0 fully saturated rings. The third-order valence-electron chi connectivity index (χ3n) is 4.89. The summed E-state index contributed by atoms with van der Waals surface area (Å²) in [7, 11) is -0.834. The fraction of sp³-hybridized carbons (Fsp3) is 0.238. The molecule has 29 heavy (non-hydrogen) atoms. The maximum Gasteiger partial charge on any atom is 0.265 e. The lowest BCUT2D eigenvalue weighted by Crippen LogP contribution is -2.30. The van der Waals surface area contributed by atoms with Crippen LogP contribution < -0.4 is 9.62 Å². The lowest BCUT2D eigenvalue weighted by molar-refractivity contribution is 0.102. The van der Waals surface area contributed by atoms with Crippen LogP contribution in [0.15, 0.2) is 53.6 Å². The smallest absolute Gasteiger partial charge is 0.265 e. The van der Waals surface area contributed by atoms with Gasteiger partial charge in [0.1, 0.15) is 5.56 Å². The van der Waals surface area contributed by atoms with Crippen molar-refractivity contribution in [1.29, 1.82) is 0 Å². The van der Waals surface area contributed by atoms with Crippen LogP contribution in [0, 0.1) is 20.8 Å². The van der Waals surface area contributed by atoms with Gasteiger partial charge in [-0.1, -0.05) is 23.8 Å². The van der Waals surface area contributed by atoms with Gasteiger partial charge in [0.25, 0.3) is 15.9 Å². The van der Waals surface area contributed by atoms with Crippen molar-refractivity contribution in [3.8, 4) is 0 Å². The topological polar surface area (TPSA) is 84.3 Å². The fourth-order valence-corrected chi connectivity index (χ4v) is 4.20. The number of amides is 1. The van der Waals surface area contributed by atoms with E-state index in [9.17, 15) is 13.2 Å². The Morgan fingerprint density at radius 2 is 1.69 bits per heavy atom. The number of hydrogen-bond donors (Lipinski definition) is 1. The fourth-order valence-electron chi connectivity index (χ4n) is 2.96. The molecule has 0 unspecified atom stereocenters. The van der Waals surface area contributed by atoms with E-state index in [1.165, 1.54) is 17.9 Å². The maximum absolute atomic E-state index is 13.1. The minimum absolute atomic E-state index is 0.146. The van der Waals surface area contributed by atoms with Gasteiger partial charge in [0.2, 0.25) is 0 Å². The molecular formula is C21H24N4O3S. The molecular weight excluding hydrogens is 388 g/mol. The van der Waals surface area contributed by atoms with Crippen LogP contribution in [0.25, 0.3) is 0 Å². The van der Waals surface area contributed by atoms with E-state index in [4.69, 9.17) is 0 Å². The molecule has 2 aromatic carbocycles. The average Bonchev–Trinajstić information content (AvgIpc) is 3.06. The largest absolute Gasteiger partial charge is 0.322 e. The number of aryl methyl sites for hydroxylation is 4. The molecule has 0 aliphatic rings. The lowest BCUT2D eigenvalue weighted by atomic mass is 10.1. The predicted molar refractivity (Wildman–Crippen MR) is 114 cm³/mol. The van der Waals surface area contributed by atoms with E-state index in [-0.39, 0.29) is 16.3 Å². The predicted octanol–water partition coefficient (Wildman–Crippen LogP) is 3.42. The summed E-state index contributed by atoms with van der Waals surface area (Å²) in [5.74, 6) is -0.241. The van der Waals surface area contributed by atoms with Crippen molar-refractivity contribution in [3.05, 3.63) is 70.9 Å². The van der Waals surface area contributed by atoms with E-state index in [0.717, 1.165) is 21.0 Å². The van der Waals surface area contributed by atoms with Gasteiger partial charge in [0.05, 0.1) is 11.1 Å². The molecule has 3 aromatic rings. The summed E-state index contributed by atoms with van der Waals surface area (Å²) in [6.07, 6.45) is 1.37. The minimum atomic E-state index is -3.85. The summed E-state index contributed by atoms with van der Waals surface area (Å²) in [6, 6.07) is 12.2. The zero-order chi connectivity index (χ0) is 21.3. The minimum Gasteiger partial charge on any atom is -0.322 e. The second kappa shape index (κ2) is 7.71. The molecule has 0 saturated carbocycles. The summed E-state index contributed by atoms with van der Waals surface area (Å²) in [4.78, 5) is 13.0. The van der Waals surface area contributed by atoms with Crippen molar-refractivity contribution >= 4 is 27.4 Å². The molecule has 1 aromatic heterocycles. The molecule has 0 aliphatic heterocycles. The molecule has 7 nitrogen and oxygen atoms in total. The van der Waals surface area contributed by atoms with Gasteiger partial charge in [0, 0.05) is 19.8 Å². The number of aromatic nitrogens is 2. The van der Waals surface area contributed by atoms with Crippen LogP contribution in [0.2, 0.25) is 0 Å². The van der Waals surface area contributed by atoms with Gasteiger partial charge in [-0.05, 0) is 56.2 Å². The van der Waals surface area contributed by atoms with Crippen molar-refractivity contribution in [1.82, 2.24) is 9.78 Å². The third-order valence-corrected chi connectivity index (χ3v) is 6.66. The Morgan fingerprint density at radius 1 is 1.03 bits per heavy atom. The molecule has 0 spiro atoms. The van der Waals surface area contributed by atoms with Crippen LogP contribution >= 0.6 is 0 Å². The van der Waals surface area contributed by atoms with Gasteiger partial charge < -0.3 is 5.32 Å². The van der Waals surface area contributed by atoms with Gasteiger partial charge in [-0.25, -0.2) is 8.42 Å². The van der Waals surface area contributed by atoms with E-state index < -0.39 is 15.9 Å². The number of benzene rings is 2. The molecule has 0 radical (unpaired) electrons. The molecule has 0 saturated heterocycles. The van der Waals surface area contributed by atoms with E-state index >= 15 is 0 Å². The van der Waals surface area contributed by atoms with E-state index in [0.29, 0.717) is 5.69 Å². The maximum atomic E-state index is 13.1. The Labute approximate surface area is 171 Å².